The van der Waals surface area contributed by atoms with Crippen molar-refractivity contribution < 1.29 is 19.0 Å². The maximum atomic E-state index is 13.1. The van der Waals surface area contributed by atoms with E-state index in [2.05, 4.69) is 0 Å². The Hall–Kier alpha value is -2.38. The Bertz CT molecular complexity index is 849. The highest BCUT2D eigenvalue weighted by atomic mass is 32.2. The lowest BCUT2D eigenvalue weighted by atomic mass is 10.1. The molecule has 0 spiro atoms. The fourth-order valence-corrected chi connectivity index (χ4v) is 3.53. The van der Waals surface area contributed by atoms with Crippen LogP contribution in [0.25, 0.3) is 6.08 Å². The first kappa shape index (κ1) is 16.5. The van der Waals surface area contributed by atoms with Gasteiger partial charge in [0.25, 0.3) is 5.91 Å². The molecule has 0 saturated carbocycles. The van der Waals surface area contributed by atoms with Crippen LogP contribution in [0.1, 0.15) is 5.56 Å². The number of carbonyl (C=O) groups is 1. The molecular formula is C17H12FNO3S2. The molecule has 1 aliphatic rings. The molecule has 1 fully saturated rings. The van der Waals surface area contributed by atoms with Gasteiger partial charge in [-0.15, -0.1) is 0 Å². The van der Waals surface area contributed by atoms with Gasteiger partial charge < -0.3 is 9.84 Å². The van der Waals surface area contributed by atoms with Gasteiger partial charge in [0.05, 0.1) is 17.7 Å². The van der Waals surface area contributed by atoms with Crippen LogP contribution in [0.2, 0.25) is 0 Å². The smallest absolute Gasteiger partial charge is 0.270 e. The second-order valence-corrected chi connectivity index (χ2v) is 6.57. The summed E-state index contributed by atoms with van der Waals surface area (Å²) in [6.45, 7) is 0. The van der Waals surface area contributed by atoms with E-state index in [9.17, 15) is 14.3 Å². The molecule has 1 heterocycles. The number of rotatable bonds is 3. The zero-order valence-corrected chi connectivity index (χ0v) is 14.2. The molecular weight excluding hydrogens is 349 g/mol. The summed E-state index contributed by atoms with van der Waals surface area (Å²) in [5.74, 6) is -0.440. The summed E-state index contributed by atoms with van der Waals surface area (Å²) in [4.78, 5) is 14.3. The third kappa shape index (κ3) is 3.00. The largest absolute Gasteiger partial charge is 0.504 e. The topological polar surface area (TPSA) is 49.8 Å². The number of ether oxygens (including phenoxy) is 1. The first-order valence-electron chi connectivity index (χ1n) is 6.91. The second-order valence-electron chi connectivity index (χ2n) is 4.89. The molecule has 0 atom stereocenters. The van der Waals surface area contributed by atoms with Crippen molar-refractivity contribution in [3.63, 3.8) is 0 Å². The SMILES string of the molecule is COc1cccc(/C=C2/SC(=S)N(c3ccc(F)cc3)C2=O)c1O. The Morgan fingerprint density at radius 1 is 1.25 bits per heavy atom. The van der Waals surface area contributed by atoms with Crippen LogP contribution in [0.5, 0.6) is 11.5 Å². The van der Waals surface area contributed by atoms with E-state index in [4.69, 9.17) is 17.0 Å². The molecule has 2 aromatic rings. The first-order chi connectivity index (χ1) is 11.5. The normalized spacial score (nSPS) is 16.1. The number of halogens is 1. The molecule has 1 amide bonds. The van der Waals surface area contributed by atoms with Gasteiger partial charge in [-0.05, 0) is 36.4 Å². The van der Waals surface area contributed by atoms with Crippen LogP contribution in [0.15, 0.2) is 47.4 Å². The van der Waals surface area contributed by atoms with E-state index < -0.39 is 0 Å². The van der Waals surface area contributed by atoms with Crippen LogP contribution in [0.4, 0.5) is 10.1 Å². The maximum Gasteiger partial charge on any atom is 0.270 e. The van der Waals surface area contributed by atoms with Gasteiger partial charge in [0, 0.05) is 5.56 Å². The summed E-state index contributed by atoms with van der Waals surface area (Å²) in [6, 6.07) is 10.5. The van der Waals surface area contributed by atoms with Gasteiger partial charge in [-0.2, -0.15) is 0 Å². The van der Waals surface area contributed by atoms with Crippen molar-refractivity contribution in [1.29, 1.82) is 0 Å². The van der Waals surface area contributed by atoms with Crippen molar-refractivity contribution in [2.24, 2.45) is 0 Å². The molecule has 0 aromatic heterocycles. The molecule has 1 saturated heterocycles. The average Bonchev–Trinajstić information content (AvgIpc) is 2.84. The van der Waals surface area contributed by atoms with Crippen LogP contribution >= 0.6 is 24.0 Å². The van der Waals surface area contributed by atoms with Crippen LogP contribution in [-0.4, -0.2) is 22.4 Å². The Kier molecular flexibility index (Phi) is 4.55. The van der Waals surface area contributed by atoms with E-state index >= 15 is 0 Å². The number of thiocarbonyl (C=S) groups is 1. The minimum atomic E-state index is -0.388. The quantitative estimate of drug-likeness (QED) is 0.663. The zero-order valence-electron chi connectivity index (χ0n) is 12.5. The van der Waals surface area contributed by atoms with Crippen LogP contribution < -0.4 is 9.64 Å². The van der Waals surface area contributed by atoms with Crippen LogP contribution in [0.3, 0.4) is 0 Å². The number of para-hydroxylation sites is 1. The van der Waals surface area contributed by atoms with Gasteiger partial charge in [0.2, 0.25) is 0 Å². The summed E-state index contributed by atoms with van der Waals surface area (Å²) in [6.07, 6.45) is 1.56. The molecule has 2 aromatic carbocycles. The number of aromatic hydroxyl groups is 1. The molecule has 7 heteroatoms. The lowest BCUT2D eigenvalue weighted by Crippen LogP contribution is -2.27. The summed E-state index contributed by atoms with van der Waals surface area (Å²) in [5, 5.41) is 10.1. The number of hydrogen-bond donors (Lipinski definition) is 1. The van der Waals surface area contributed by atoms with Crippen molar-refractivity contribution >= 4 is 46.0 Å². The summed E-state index contributed by atoms with van der Waals surface area (Å²) in [5.41, 5.74) is 0.950. The van der Waals surface area contributed by atoms with E-state index in [1.165, 1.54) is 36.3 Å². The van der Waals surface area contributed by atoms with Gasteiger partial charge in [-0.1, -0.05) is 36.1 Å². The van der Waals surface area contributed by atoms with Crippen LogP contribution in [-0.2, 0) is 4.79 Å². The number of anilines is 1. The van der Waals surface area contributed by atoms with Crippen molar-refractivity contribution in [1.82, 2.24) is 0 Å². The minimum Gasteiger partial charge on any atom is -0.504 e. The number of benzene rings is 2. The van der Waals surface area contributed by atoms with Crippen molar-refractivity contribution in [2.45, 2.75) is 0 Å². The molecule has 0 unspecified atom stereocenters. The molecule has 1 aliphatic heterocycles. The molecule has 3 rings (SSSR count). The summed E-state index contributed by atoms with van der Waals surface area (Å²) in [7, 11) is 1.45. The Morgan fingerprint density at radius 3 is 2.62 bits per heavy atom. The fourth-order valence-electron chi connectivity index (χ4n) is 2.24. The monoisotopic (exact) mass is 361 g/mol. The molecule has 1 N–H and O–H groups in total. The molecule has 0 aliphatic carbocycles. The first-order valence-corrected chi connectivity index (χ1v) is 8.13. The highest BCUT2D eigenvalue weighted by molar-refractivity contribution is 8.27. The van der Waals surface area contributed by atoms with Gasteiger partial charge in [-0.3, -0.25) is 9.69 Å². The molecule has 4 nitrogen and oxygen atoms in total. The van der Waals surface area contributed by atoms with Crippen molar-refractivity contribution in [3.05, 3.63) is 58.8 Å². The number of thioether (sulfide) groups is 1. The third-order valence-corrected chi connectivity index (χ3v) is 4.72. The molecule has 0 bridgehead atoms. The number of carbonyl (C=O) groups excluding carboxylic acids is 1. The predicted molar refractivity (Wildman–Crippen MR) is 96.7 cm³/mol. The third-order valence-electron chi connectivity index (χ3n) is 3.42. The number of phenolic OH excluding ortho intramolecular Hbond substituents is 1. The van der Waals surface area contributed by atoms with E-state index in [1.54, 1.807) is 24.3 Å². The number of hydrogen-bond acceptors (Lipinski definition) is 5. The standard InChI is InChI=1S/C17H12FNO3S2/c1-22-13-4-2-3-10(15(13)20)9-14-16(21)19(17(23)24-14)12-7-5-11(18)6-8-12/h2-9,20H,1H3/b14-9+. The number of nitrogens with zero attached hydrogens (tertiary/aromatic N) is 1. The predicted octanol–water partition coefficient (Wildman–Crippen LogP) is 3.95. The minimum absolute atomic E-state index is 0.0490. The van der Waals surface area contributed by atoms with E-state index in [-0.39, 0.29) is 17.5 Å². The lowest BCUT2D eigenvalue weighted by Gasteiger charge is -2.14. The lowest BCUT2D eigenvalue weighted by molar-refractivity contribution is -0.113. The maximum absolute atomic E-state index is 13.1. The number of amides is 1. The van der Waals surface area contributed by atoms with E-state index in [1.807, 2.05) is 0 Å². The summed E-state index contributed by atoms with van der Waals surface area (Å²) >= 11 is 6.37. The molecule has 0 radical (unpaired) electrons. The number of phenols is 1. The fraction of sp³-hybridized carbons (Fsp3) is 0.0588. The molecule has 24 heavy (non-hydrogen) atoms. The van der Waals surface area contributed by atoms with Crippen molar-refractivity contribution in [3.8, 4) is 11.5 Å². The highest BCUT2D eigenvalue weighted by Gasteiger charge is 2.33. The number of methoxy groups -OCH3 is 1. The highest BCUT2D eigenvalue weighted by Crippen LogP contribution is 2.38. The Labute approximate surface area is 147 Å². The Balaban J connectivity index is 1.95. The zero-order chi connectivity index (χ0) is 17.3. The van der Waals surface area contributed by atoms with Crippen molar-refractivity contribution in [2.75, 3.05) is 12.0 Å². The van der Waals surface area contributed by atoms with Crippen LogP contribution in [0, 0.1) is 5.82 Å². The van der Waals surface area contributed by atoms with Gasteiger partial charge in [-0.25, -0.2) is 4.39 Å². The van der Waals surface area contributed by atoms with E-state index in [0.717, 1.165) is 11.8 Å². The van der Waals surface area contributed by atoms with Gasteiger partial charge in [0.15, 0.2) is 15.8 Å². The summed E-state index contributed by atoms with van der Waals surface area (Å²) < 4.78 is 18.5. The van der Waals surface area contributed by atoms with E-state index in [0.29, 0.717) is 26.2 Å². The Morgan fingerprint density at radius 2 is 1.96 bits per heavy atom. The second kappa shape index (κ2) is 6.62. The van der Waals surface area contributed by atoms with Gasteiger partial charge >= 0.3 is 0 Å². The van der Waals surface area contributed by atoms with Gasteiger partial charge in [0.1, 0.15) is 5.82 Å². The average molecular weight is 361 g/mol. The molecule has 122 valence electrons.